The highest BCUT2D eigenvalue weighted by atomic mass is 32.2. The average molecular weight is 535 g/mol. The number of nitrogens with one attached hydrogen (secondary N) is 2. The number of thioether (sulfide) groups is 1. The summed E-state index contributed by atoms with van der Waals surface area (Å²) in [5.41, 5.74) is 2.64. The van der Waals surface area contributed by atoms with E-state index in [1.807, 2.05) is 66.9 Å². The molecule has 0 aliphatic heterocycles. The summed E-state index contributed by atoms with van der Waals surface area (Å²) in [6, 6.07) is 23.7. The van der Waals surface area contributed by atoms with Gasteiger partial charge in [0.1, 0.15) is 24.4 Å². The van der Waals surface area contributed by atoms with Crippen LogP contribution in [0.2, 0.25) is 0 Å². The third kappa shape index (κ3) is 9.94. The summed E-state index contributed by atoms with van der Waals surface area (Å²) >= 11 is 1.57. The Bertz CT molecular complexity index is 1160. The second kappa shape index (κ2) is 15.5. The molecule has 0 heterocycles. The van der Waals surface area contributed by atoms with Gasteiger partial charge in [0, 0.05) is 12.8 Å². The highest BCUT2D eigenvalue weighted by Crippen LogP contribution is 2.12. The minimum absolute atomic E-state index is 0.102. The number of esters is 1. The molecule has 0 saturated carbocycles. The van der Waals surface area contributed by atoms with Gasteiger partial charge in [0.2, 0.25) is 11.8 Å². The summed E-state index contributed by atoms with van der Waals surface area (Å²) in [5.74, 6) is -0.383. The van der Waals surface area contributed by atoms with Gasteiger partial charge in [-0.1, -0.05) is 72.8 Å². The Hall–Kier alpha value is -3.78. The number of ether oxygens (including phenoxy) is 1. The lowest BCUT2D eigenvalue weighted by Crippen LogP contribution is -2.52. The van der Waals surface area contributed by atoms with Gasteiger partial charge in [-0.15, -0.1) is 0 Å². The van der Waals surface area contributed by atoms with Crippen LogP contribution in [0.25, 0.3) is 0 Å². The minimum atomic E-state index is -0.903. The number of carbonyl (C=O) groups excluding carboxylic acids is 3. The predicted molar refractivity (Wildman–Crippen MR) is 150 cm³/mol. The van der Waals surface area contributed by atoms with Gasteiger partial charge in [0.25, 0.3) is 0 Å². The Morgan fingerprint density at radius 3 is 2.08 bits per heavy atom. The third-order valence-corrected chi connectivity index (χ3v) is 6.59. The van der Waals surface area contributed by atoms with Crippen molar-refractivity contribution in [1.29, 1.82) is 0 Å². The molecule has 0 fully saturated rings. The van der Waals surface area contributed by atoms with E-state index in [1.165, 1.54) is 0 Å². The molecule has 0 saturated heterocycles. The van der Waals surface area contributed by atoms with Crippen LogP contribution in [0.1, 0.15) is 29.5 Å². The van der Waals surface area contributed by atoms with Crippen LogP contribution < -0.4 is 10.6 Å². The molecule has 38 heavy (non-hydrogen) atoms. The number of hydrogen-bond donors (Lipinski definition) is 3. The van der Waals surface area contributed by atoms with Gasteiger partial charge in [-0.05, 0) is 53.7 Å². The minimum Gasteiger partial charge on any atom is -0.508 e. The van der Waals surface area contributed by atoms with Gasteiger partial charge in [-0.3, -0.25) is 9.59 Å². The van der Waals surface area contributed by atoms with Crippen LogP contribution in [-0.2, 0) is 38.6 Å². The normalized spacial score (nSPS) is 12.2. The zero-order valence-corrected chi connectivity index (χ0v) is 22.3. The van der Waals surface area contributed by atoms with Crippen molar-refractivity contribution in [1.82, 2.24) is 10.6 Å². The molecule has 0 radical (unpaired) electrons. The molecule has 3 N–H and O–H groups in total. The van der Waals surface area contributed by atoms with Gasteiger partial charge in [0.15, 0.2) is 0 Å². The predicted octanol–water partition coefficient (Wildman–Crippen LogP) is 4.03. The van der Waals surface area contributed by atoms with E-state index in [2.05, 4.69) is 10.6 Å². The van der Waals surface area contributed by atoms with Crippen molar-refractivity contribution < 1.29 is 24.2 Å². The molecule has 0 aliphatic rings. The van der Waals surface area contributed by atoms with E-state index in [1.54, 1.807) is 36.0 Å². The second-order valence-electron chi connectivity index (χ2n) is 8.91. The average Bonchev–Trinajstić information content (AvgIpc) is 2.94. The van der Waals surface area contributed by atoms with E-state index in [-0.39, 0.29) is 31.1 Å². The Morgan fingerprint density at radius 1 is 0.816 bits per heavy atom. The maximum Gasteiger partial charge on any atom is 0.329 e. The molecule has 2 atom stereocenters. The monoisotopic (exact) mass is 534 g/mol. The summed E-state index contributed by atoms with van der Waals surface area (Å²) in [4.78, 5) is 39.0. The lowest BCUT2D eigenvalue weighted by Gasteiger charge is -2.23. The second-order valence-corrected chi connectivity index (χ2v) is 9.90. The van der Waals surface area contributed by atoms with Gasteiger partial charge in [0.05, 0.1) is 0 Å². The highest BCUT2D eigenvalue weighted by molar-refractivity contribution is 7.98. The molecule has 0 aromatic heterocycles. The maximum atomic E-state index is 13.3. The van der Waals surface area contributed by atoms with Crippen LogP contribution in [0.15, 0.2) is 84.9 Å². The molecule has 3 rings (SSSR count). The van der Waals surface area contributed by atoms with E-state index in [9.17, 15) is 19.5 Å². The SMILES string of the molecule is CSCCC(NC(=O)CCc1ccc(O)cc1)C(=O)NC(Cc1ccccc1)C(=O)OCc1ccccc1. The van der Waals surface area contributed by atoms with Crippen LogP contribution >= 0.6 is 11.8 Å². The molecule has 3 aromatic carbocycles. The molecule has 8 heteroatoms. The van der Waals surface area contributed by atoms with Gasteiger partial charge >= 0.3 is 5.97 Å². The van der Waals surface area contributed by atoms with E-state index >= 15 is 0 Å². The van der Waals surface area contributed by atoms with Crippen LogP contribution in [-0.4, -0.2) is 47.0 Å². The molecule has 200 valence electrons. The molecule has 3 aromatic rings. The summed E-state index contributed by atoms with van der Waals surface area (Å²) in [6.45, 7) is 0.102. The zero-order valence-electron chi connectivity index (χ0n) is 21.5. The first-order valence-electron chi connectivity index (χ1n) is 12.6. The van der Waals surface area contributed by atoms with E-state index in [0.717, 1.165) is 16.7 Å². The van der Waals surface area contributed by atoms with Crippen molar-refractivity contribution in [2.24, 2.45) is 0 Å². The van der Waals surface area contributed by atoms with Crippen molar-refractivity contribution in [3.8, 4) is 5.75 Å². The first-order valence-corrected chi connectivity index (χ1v) is 13.9. The Kier molecular flexibility index (Phi) is 11.7. The molecule has 0 bridgehead atoms. The number of hydrogen-bond acceptors (Lipinski definition) is 6. The van der Waals surface area contributed by atoms with Crippen molar-refractivity contribution in [2.75, 3.05) is 12.0 Å². The van der Waals surface area contributed by atoms with Crippen LogP contribution in [0.4, 0.5) is 0 Å². The number of amides is 2. The number of rotatable bonds is 14. The number of carbonyl (C=O) groups is 3. The summed E-state index contributed by atoms with van der Waals surface area (Å²) in [7, 11) is 0. The quantitative estimate of drug-likeness (QED) is 0.270. The molecule has 0 spiro atoms. The number of benzene rings is 3. The van der Waals surface area contributed by atoms with Gasteiger partial charge < -0.3 is 20.5 Å². The first-order chi connectivity index (χ1) is 18.4. The smallest absolute Gasteiger partial charge is 0.329 e. The third-order valence-electron chi connectivity index (χ3n) is 5.95. The maximum absolute atomic E-state index is 13.3. The van der Waals surface area contributed by atoms with Crippen molar-refractivity contribution in [3.63, 3.8) is 0 Å². The van der Waals surface area contributed by atoms with E-state index in [0.29, 0.717) is 18.6 Å². The molecule has 0 aliphatic carbocycles. The molecule has 2 unspecified atom stereocenters. The van der Waals surface area contributed by atoms with Gasteiger partial charge in [-0.25, -0.2) is 4.79 Å². The topological polar surface area (TPSA) is 105 Å². The van der Waals surface area contributed by atoms with Gasteiger partial charge in [-0.2, -0.15) is 11.8 Å². The van der Waals surface area contributed by atoms with E-state index in [4.69, 9.17) is 4.74 Å². The number of phenols is 1. The van der Waals surface area contributed by atoms with Crippen LogP contribution in [0, 0.1) is 0 Å². The first kappa shape index (κ1) is 28.8. The highest BCUT2D eigenvalue weighted by Gasteiger charge is 2.28. The Morgan fingerprint density at radius 2 is 1.45 bits per heavy atom. The Balaban J connectivity index is 1.65. The van der Waals surface area contributed by atoms with Crippen molar-refractivity contribution in [3.05, 3.63) is 102 Å². The van der Waals surface area contributed by atoms with Crippen LogP contribution in [0.3, 0.4) is 0 Å². The summed E-state index contributed by atoms with van der Waals surface area (Å²) in [5, 5.41) is 15.1. The van der Waals surface area contributed by atoms with Crippen LogP contribution in [0.5, 0.6) is 5.75 Å². The zero-order chi connectivity index (χ0) is 27.2. The number of phenolic OH excluding ortho intramolecular Hbond substituents is 1. The number of aromatic hydroxyl groups is 1. The molecular formula is C30H34N2O5S. The Labute approximate surface area is 228 Å². The largest absolute Gasteiger partial charge is 0.508 e. The molecule has 7 nitrogen and oxygen atoms in total. The fraction of sp³-hybridized carbons (Fsp3) is 0.300. The van der Waals surface area contributed by atoms with Crippen molar-refractivity contribution in [2.45, 2.75) is 44.4 Å². The molecular weight excluding hydrogens is 500 g/mol. The summed E-state index contributed by atoms with van der Waals surface area (Å²) in [6.07, 6.45) is 3.30. The lowest BCUT2D eigenvalue weighted by molar-refractivity contribution is -0.149. The lowest BCUT2D eigenvalue weighted by atomic mass is 10.0. The van der Waals surface area contributed by atoms with E-state index < -0.39 is 24.0 Å². The molecule has 2 amide bonds. The standard InChI is InChI=1S/C30H34N2O5S/c1-38-19-18-26(31-28(34)17-14-22-12-15-25(33)16-13-22)29(35)32-27(20-23-8-4-2-5-9-23)30(36)37-21-24-10-6-3-7-11-24/h2-13,15-16,26-27,33H,14,17-21H2,1H3,(H,31,34)(H,32,35). The fourth-order valence-electron chi connectivity index (χ4n) is 3.84. The van der Waals surface area contributed by atoms with Crippen molar-refractivity contribution >= 4 is 29.5 Å². The number of aryl methyl sites for hydroxylation is 1. The fourth-order valence-corrected chi connectivity index (χ4v) is 4.31. The summed E-state index contributed by atoms with van der Waals surface area (Å²) < 4.78 is 5.54.